The van der Waals surface area contributed by atoms with Gasteiger partial charge in [0, 0.05) is 36.3 Å². The first-order valence-electron chi connectivity index (χ1n) is 10.2. The molecule has 0 saturated carbocycles. The zero-order chi connectivity index (χ0) is 18.6. The van der Waals surface area contributed by atoms with Crippen LogP contribution in [0.15, 0.2) is 30.5 Å². The minimum absolute atomic E-state index is 0.00947. The van der Waals surface area contributed by atoms with Gasteiger partial charge in [0.25, 0.3) is 5.91 Å². The standard InChI is InChI=1S/C22H27N3O2/c1-3-22-13-25-10-8-15(22)12-19(25)20(27-22)16-7-9-24-18-6-5-14(11-17(16)18)21(26)23-4-2/h5-7,9,11,15,19-20H,3-4,8,10,12-13H2,1-2H3,(H,23,26)/t15?,19?,20-,22?/m0/s1. The molecule has 1 amide bonds. The van der Waals surface area contributed by atoms with Crippen molar-refractivity contribution in [3.05, 3.63) is 41.6 Å². The van der Waals surface area contributed by atoms with E-state index in [4.69, 9.17) is 4.74 Å². The van der Waals surface area contributed by atoms with Crippen molar-refractivity contribution in [1.29, 1.82) is 0 Å². The number of aromatic nitrogens is 1. The number of pyridine rings is 1. The Morgan fingerprint density at radius 2 is 2.26 bits per heavy atom. The minimum atomic E-state index is -0.0341. The number of carbonyl (C=O) groups excluding carboxylic acids is 1. The summed E-state index contributed by atoms with van der Waals surface area (Å²) in [4.78, 5) is 19.5. The summed E-state index contributed by atoms with van der Waals surface area (Å²) in [6, 6.07) is 8.33. The summed E-state index contributed by atoms with van der Waals surface area (Å²) < 4.78 is 6.83. The van der Waals surface area contributed by atoms with Crippen LogP contribution in [-0.4, -0.2) is 47.1 Å². The quantitative estimate of drug-likeness (QED) is 0.903. The van der Waals surface area contributed by atoms with Gasteiger partial charge in [-0.05, 0) is 68.5 Å². The average molecular weight is 365 g/mol. The molecule has 6 heterocycles. The molecule has 5 heteroatoms. The van der Waals surface area contributed by atoms with Crippen molar-refractivity contribution in [3.8, 4) is 0 Å². The monoisotopic (exact) mass is 365 g/mol. The third kappa shape index (κ3) is 2.52. The number of ether oxygens (including phenoxy) is 1. The highest BCUT2D eigenvalue weighted by molar-refractivity contribution is 5.98. The number of piperidine rings is 3. The summed E-state index contributed by atoms with van der Waals surface area (Å²) in [7, 11) is 0. The molecule has 4 unspecified atom stereocenters. The summed E-state index contributed by atoms with van der Waals surface area (Å²) in [6.07, 6.45) is 5.48. The third-order valence-corrected chi connectivity index (χ3v) is 6.97. The van der Waals surface area contributed by atoms with Gasteiger partial charge in [-0.25, -0.2) is 0 Å². The predicted octanol–water partition coefficient (Wildman–Crippen LogP) is 3.30. The number of nitrogens with one attached hydrogen (secondary N) is 1. The number of amides is 1. The molecule has 1 aromatic carbocycles. The lowest BCUT2D eigenvalue weighted by Gasteiger charge is -2.64. The summed E-state index contributed by atoms with van der Waals surface area (Å²) in [5.74, 6) is 0.654. The molecular weight excluding hydrogens is 338 g/mol. The normalized spacial score (nSPS) is 34.1. The van der Waals surface area contributed by atoms with Gasteiger partial charge in [0.1, 0.15) is 0 Å². The molecule has 5 nitrogen and oxygen atoms in total. The highest BCUT2D eigenvalue weighted by Gasteiger charge is 2.58. The van der Waals surface area contributed by atoms with Gasteiger partial charge < -0.3 is 10.1 Å². The van der Waals surface area contributed by atoms with Crippen molar-refractivity contribution in [3.63, 3.8) is 0 Å². The van der Waals surface area contributed by atoms with E-state index in [9.17, 15) is 4.79 Å². The number of benzene rings is 1. The Hall–Kier alpha value is -1.98. The van der Waals surface area contributed by atoms with Crippen LogP contribution in [0.5, 0.6) is 0 Å². The van der Waals surface area contributed by atoms with E-state index in [2.05, 4.69) is 28.2 Å². The number of morpholine rings is 1. The third-order valence-electron chi connectivity index (χ3n) is 6.97. The molecule has 4 bridgehead atoms. The fourth-order valence-corrected chi connectivity index (χ4v) is 5.55. The number of carbonyl (C=O) groups is 1. The molecule has 5 aliphatic heterocycles. The molecule has 5 atom stereocenters. The highest BCUT2D eigenvalue weighted by Crippen LogP contribution is 2.54. The van der Waals surface area contributed by atoms with Gasteiger partial charge in [-0.15, -0.1) is 0 Å². The van der Waals surface area contributed by atoms with Gasteiger partial charge in [0.15, 0.2) is 0 Å². The Kier molecular flexibility index (Phi) is 3.99. The summed E-state index contributed by atoms with van der Waals surface area (Å²) >= 11 is 0. The van der Waals surface area contributed by atoms with E-state index < -0.39 is 0 Å². The second-order valence-electron chi connectivity index (χ2n) is 8.21. The van der Waals surface area contributed by atoms with Crippen LogP contribution in [-0.2, 0) is 4.74 Å². The van der Waals surface area contributed by atoms with Gasteiger partial charge in [-0.3, -0.25) is 14.7 Å². The molecule has 2 aromatic rings. The first-order chi connectivity index (χ1) is 13.1. The average Bonchev–Trinajstić information content (AvgIpc) is 2.73. The predicted molar refractivity (Wildman–Crippen MR) is 105 cm³/mol. The number of hydrogen-bond acceptors (Lipinski definition) is 4. The highest BCUT2D eigenvalue weighted by atomic mass is 16.5. The first kappa shape index (κ1) is 17.1. The van der Waals surface area contributed by atoms with Crippen LogP contribution in [0.2, 0.25) is 0 Å². The molecule has 142 valence electrons. The fourth-order valence-electron chi connectivity index (χ4n) is 5.55. The van der Waals surface area contributed by atoms with Crippen molar-refractivity contribution < 1.29 is 9.53 Å². The molecule has 0 radical (unpaired) electrons. The second kappa shape index (κ2) is 6.28. The topological polar surface area (TPSA) is 54.5 Å². The second-order valence-corrected chi connectivity index (χ2v) is 8.21. The maximum absolute atomic E-state index is 12.3. The van der Waals surface area contributed by atoms with Crippen LogP contribution in [0, 0.1) is 5.92 Å². The first-order valence-corrected chi connectivity index (χ1v) is 10.2. The zero-order valence-corrected chi connectivity index (χ0v) is 16.1. The van der Waals surface area contributed by atoms with E-state index in [1.807, 2.05) is 31.3 Å². The number of fused-ring (bicyclic) bond motifs is 3. The van der Waals surface area contributed by atoms with Crippen molar-refractivity contribution in [2.45, 2.75) is 50.9 Å². The Morgan fingerprint density at radius 3 is 3.00 bits per heavy atom. The van der Waals surface area contributed by atoms with E-state index in [-0.39, 0.29) is 17.6 Å². The molecule has 27 heavy (non-hydrogen) atoms. The number of hydrogen-bond donors (Lipinski definition) is 1. The summed E-state index contributed by atoms with van der Waals surface area (Å²) in [6.45, 7) is 7.08. The van der Waals surface area contributed by atoms with Crippen LogP contribution in [0.3, 0.4) is 0 Å². The van der Waals surface area contributed by atoms with Crippen LogP contribution in [0.1, 0.15) is 55.1 Å². The van der Waals surface area contributed by atoms with Crippen LogP contribution >= 0.6 is 0 Å². The van der Waals surface area contributed by atoms with E-state index >= 15 is 0 Å². The Bertz CT molecular complexity index is 898. The zero-order valence-electron chi connectivity index (χ0n) is 16.1. The molecule has 5 aliphatic rings. The van der Waals surface area contributed by atoms with Crippen molar-refractivity contribution in [1.82, 2.24) is 15.2 Å². The molecule has 1 aromatic heterocycles. The minimum Gasteiger partial charge on any atom is -0.364 e. The van der Waals surface area contributed by atoms with Crippen molar-refractivity contribution in [2.24, 2.45) is 5.92 Å². The maximum Gasteiger partial charge on any atom is 0.251 e. The lowest BCUT2D eigenvalue weighted by Crippen LogP contribution is -2.70. The van der Waals surface area contributed by atoms with E-state index in [1.54, 1.807) is 0 Å². The van der Waals surface area contributed by atoms with Gasteiger partial charge in [-0.1, -0.05) is 6.92 Å². The number of rotatable bonds is 4. The summed E-state index contributed by atoms with van der Waals surface area (Å²) in [5.41, 5.74) is 2.78. The molecule has 0 aliphatic carbocycles. The van der Waals surface area contributed by atoms with Crippen molar-refractivity contribution >= 4 is 16.8 Å². The molecule has 7 rings (SSSR count). The van der Waals surface area contributed by atoms with Gasteiger partial charge in [0.05, 0.1) is 17.2 Å². The SMILES string of the molecule is CCNC(=O)c1ccc2nccc([C@@H]3OC4(CC)CN5CCC4CC35)c2c1. The molecule has 5 saturated heterocycles. The van der Waals surface area contributed by atoms with Gasteiger partial charge in [-0.2, -0.15) is 0 Å². The molecule has 1 N–H and O–H groups in total. The molecular formula is C22H27N3O2. The molecule has 5 fully saturated rings. The van der Waals surface area contributed by atoms with E-state index in [0.29, 0.717) is 24.1 Å². The fraction of sp³-hybridized carbons (Fsp3) is 0.545. The van der Waals surface area contributed by atoms with Gasteiger partial charge in [0.2, 0.25) is 0 Å². The smallest absolute Gasteiger partial charge is 0.251 e. The maximum atomic E-state index is 12.3. The van der Waals surface area contributed by atoms with Crippen molar-refractivity contribution in [2.75, 3.05) is 19.6 Å². The van der Waals surface area contributed by atoms with E-state index in [0.717, 1.165) is 23.9 Å². The Balaban J connectivity index is 1.59. The number of nitrogens with zero attached hydrogens (tertiary/aromatic N) is 2. The summed E-state index contributed by atoms with van der Waals surface area (Å²) in [5, 5.41) is 3.93. The van der Waals surface area contributed by atoms with E-state index in [1.165, 1.54) is 24.9 Å². The van der Waals surface area contributed by atoms with Crippen LogP contribution in [0.4, 0.5) is 0 Å². The largest absolute Gasteiger partial charge is 0.364 e. The lowest BCUT2D eigenvalue weighted by molar-refractivity contribution is -0.274. The van der Waals surface area contributed by atoms with Crippen LogP contribution in [0.25, 0.3) is 10.9 Å². The lowest BCUT2D eigenvalue weighted by atomic mass is 9.66. The Labute approximate surface area is 160 Å². The van der Waals surface area contributed by atoms with Crippen LogP contribution < -0.4 is 5.32 Å². The Morgan fingerprint density at radius 1 is 1.37 bits per heavy atom. The molecule has 0 spiro atoms. The van der Waals surface area contributed by atoms with Gasteiger partial charge >= 0.3 is 0 Å².